The van der Waals surface area contributed by atoms with Crippen molar-refractivity contribution in [1.29, 1.82) is 0 Å². The molecule has 0 aliphatic heterocycles. The number of nitrogens with two attached hydrogens (primary N) is 1. The molecule has 0 radical (unpaired) electrons. The third-order valence-corrected chi connectivity index (χ3v) is 4.59. The van der Waals surface area contributed by atoms with Gasteiger partial charge in [0, 0.05) is 0 Å². The molecule has 9 nitrogen and oxygen atoms in total. The van der Waals surface area contributed by atoms with Crippen LogP contribution in [-0.2, 0) is 19.6 Å². The third-order valence-electron chi connectivity index (χ3n) is 3.19. The van der Waals surface area contributed by atoms with Crippen molar-refractivity contribution in [1.82, 2.24) is 10.0 Å². The van der Waals surface area contributed by atoms with E-state index in [4.69, 9.17) is 10.5 Å². The lowest BCUT2D eigenvalue weighted by molar-refractivity contribution is -0.130. The van der Waals surface area contributed by atoms with E-state index in [9.17, 15) is 36.0 Å². The minimum atomic E-state index is -4.76. The number of carbonyl (C=O) groups is 3. The van der Waals surface area contributed by atoms with E-state index in [0.29, 0.717) is 0 Å². The average Bonchev–Trinajstić information content (AvgIpc) is 2.56. The summed E-state index contributed by atoms with van der Waals surface area (Å²) < 4.78 is 66.9. The molecule has 3 amide bonds. The van der Waals surface area contributed by atoms with E-state index in [2.05, 4.69) is 0 Å². The molecule has 156 valence electrons. The topological polar surface area (TPSA) is 145 Å². The molecule has 0 saturated carbocycles. The number of benzene rings is 1. The minimum absolute atomic E-state index is 0.326. The van der Waals surface area contributed by atoms with Crippen LogP contribution in [0.25, 0.3) is 0 Å². The maximum Gasteiger partial charge on any atom is 0.402 e. The van der Waals surface area contributed by atoms with Crippen LogP contribution in [0.1, 0.15) is 24.2 Å². The van der Waals surface area contributed by atoms with Gasteiger partial charge in [0.2, 0.25) is 10.0 Å². The van der Waals surface area contributed by atoms with Crippen molar-refractivity contribution < 1.29 is 40.7 Å². The quantitative estimate of drug-likeness (QED) is 0.554. The highest BCUT2D eigenvalue weighted by Crippen LogP contribution is 2.17. The van der Waals surface area contributed by atoms with Crippen LogP contribution in [0.2, 0.25) is 0 Å². The number of esters is 1. The van der Waals surface area contributed by atoms with E-state index in [0.717, 1.165) is 24.3 Å². The van der Waals surface area contributed by atoms with Crippen molar-refractivity contribution in [3.63, 3.8) is 0 Å². The Hall–Kier alpha value is -2.67. The molecular formula is C15H18F3N3O6S. The Kier molecular flexibility index (Phi) is 7.52. The lowest BCUT2D eigenvalue weighted by Gasteiger charge is -2.20. The van der Waals surface area contributed by atoms with Crippen LogP contribution in [0, 0.1) is 5.92 Å². The predicted molar refractivity (Wildman–Crippen MR) is 89.5 cm³/mol. The fourth-order valence-corrected chi connectivity index (χ4v) is 2.98. The normalized spacial score (nSPS) is 13.1. The number of hydrogen-bond donors (Lipinski definition) is 3. The zero-order valence-corrected chi connectivity index (χ0v) is 15.6. The van der Waals surface area contributed by atoms with Crippen molar-refractivity contribution >= 4 is 27.9 Å². The molecule has 0 spiro atoms. The first-order chi connectivity index (χ1) is 12.7. The van der Waals surface area contributed by atoms with Gasteiger partial charge in [-0.3, -0.25) is 10.1 Å². The van der Waals surface area contributed by atoms with Gasteiger partial charge in [0.15, 0.2) is 6.10 Å². The van der Waals surface area contributed by atoms with Crippen molar-refractivity contribution in [2.24, 2.45) is 11.7 Å². The number of urea groups is 1. The fraction of sp³-hybridized carbons (Fsp3) is 0.400. The second-order valence-electron chi connectivity index (χ2n) is 5.89. The van der Waals surface area contributed by atoms with E-state index in [1.54, 1.807) is 5.32 Å². The van der Waals surface area contributed by atoms with Gasteiger partial charge in [0.25, 0.3) is 5.91 Å². The number of ether oxygens (including phenoxy) is 1. The summed E-state index contributed by atoms with van der Waals surface area (Å²) in [4.78, 5) is 34.3. The molecule has 0 aromatic heterocycles. The molecule has 0 aliphatic carbocycles. The van der Waals surface area contributed by atoms with Gasteiger partial charge < -0.3 is 10.5 Å². The first kappa shape index (κ1) is 23.4. The van der Waals surface area contributed by atoms with E-state index < -0.39 is 57.6 Å². The standard InChI is InChI=1S/C15H18F3N3O6S/c1-8(2)11(12(22)21-14(19)24)27-13(23)9-4-3-5-10(6-9)28(25,26)20-7-15(16,17)18/h3-6,8,11,20H,7H2,1-2H3,(H3,19,21,22,24)/t11-/m0/s1. The van der Waals surface area contributed by atoms with Crippen LogP contribution < -0.4 is 15.8 Å². The van der Waals surface area contributed by atoms with Crippen LogP contribution in [-0.4, -0.2) is 45.2 Å². The van der Waals surface area contributed by atoms with Crippen molar-refractivity contribution in [3.05, 3.63) is 29.8 Å². The average molecular weight is 425 g/mol. The number of halogens is 3. The summed E-state index contributed by atoms with van der Waals surface area (Å²) >= 11 is 0. The van der Waals surface area contributed by atoms with Crippen molar-refractivity contribution in [2.75, 3.05) is 6.54 Å². The van der Waals surface area contributed by atoms with Crippen molar-refractivity contribution in [2.45, 2.75) is 31.0 Å². The highest BCUT2D eigenvalue weighted by Gasteiger charge is 2.31. The molecule has 0 heterocycles. The van der Waals surface area contributed by atoms with E-state index in [1.807, 2.05) is 0 Å². The molecule has 1 atom stereocenters. The summed E-state index contributed by atoms with van der Waals surface area (Å²) in [6.45, 7) is 1.24. The monoisotopic (exact) mass is 425 g/mol. The highest BCUT2D eigenvalue weighted by atomic mass is 32.2. The van der Waals surface area contributed by atoms with Crippen LogP contribution in [0.3, 0.4) is 0 Å². The zero-order chi connectivity index (χ0) is 21.7. The van der Waals surface area contributed by atoms with Crippen LogP contribution in [0.15, 0.2) is 29.2 Å². The molecule has 1 aromatic rings. The number of carbonyl (C=O) groups excluding carboxylic acids is 3. The van der Waals surface area contributed by atoms with Crippen LogP contribution in [0.4, 0.5) is 18.0 Å². The van der Waals surface area contributed by atoms with Crippen molar-refractivity contribution in [3.8, 4) is 0 Å². The molecule has 0 aliphatic rings. The summed E-state index contributed by atoms with van der Waals surface area (Å²) in [7, 11) is -4.54. The van der Waals surface area contributed by atoms with Gasteiger partial charge in [-0.2, -0.15) is 13.2 Å². The summed E-state index contributed by atoms with van der Waals surface area (Å²) in [5.41, 5.74) is 4.51. The number of rotatable bonds is 7. The Morgan fingerprint density at radius 2 is 1.82 bits per heavy atom. The molecule has 0 saturated heterocycles. The molecule has 0 unspecified atom stereocenters. The zero-order valence-electron chi connectivity index (χ0n) is 14.7. The van der Waals surface area contributed by atoms with Gasteiger partial charge in [-0.1, -0.05) is 19.9 Å². The number of imide groups is 1. The molecular weight excluding hydrogens is 407 g/mol. The second kappa shape index (κ2) is 9.01. The molecule has 1 rings (SSSR count). The number of primary amides is 1. The number of sulfonamides is 1. The molecule has 0 bridgehead atoms. The summed E-state index contributed by atoms with van der Waals surface area (Å²) in [5.74, 6) is -2.67. The Bertz CT molecular complexity index is 855. The van der Waals surface area contributed by atoms with Crippen LogP contribution in [0.5, 0.6) is 0 Å². The molecule has 1 aromatic carbocycles. The second-order valence-corrected chi connectivity index (χ2v) is 7.66. The maximum absolute atomic E-state index is 12.2. The number of alkyl halides is 3. The van der Waals surface area contributed by atoms with E-state index in [1.165, 1.54) is 18.6 Å². The SMILES string of the molecule is CC(C)[C@H](OC(=O)c1cccc(S(=O)(=O)NCC(F)(F)F)c1)C(=O)NC(N)=O. The van der Waals surface area contributed by atoms with Gasteiger partial charge in [-0.25, -0.2) is 22.7 Å². The van der Waals surface area contributed by atoms with E-state index in [-0.39, 0.29) is 5.56 Å². The molecule has 28 heavy (non-hydrogen) atoms. The smallest absolute Gasteiger partial charge is 0.402 e. The van der Waals surface area contributed by atoms with Crippen LogP contribution >= 0.6 is 0 Å². The Morgan fingerprint density at radius 3 is 2.32 bits per heavy atom. The lowest BCUT2D eigenvalue weighted by Crippen LogP contribution is -2.45. The van der Waals surface area contributed by atoms with Gasteiger partial charge in [0.05, 0.1) is 10.5 Å². The van der Waals surface area contributed by atoms with E-state index >= 15 is 0 Å². The first-order valence-corrected chi connectivity index (χ1v) is 9.19. The minimum Gasteiger partial charge on any atom is -0.448 e. The fourth-order valence-electron chi connectivity index (χ4n) is 1.92. The molecule has 0 fully saturated rings. The number of nitrogens with one attached hydrogen (secondary N) is 2. The van der Waals surface area contributed by atoms with Gasteiger partial charge >= 0.3 is 18.2 Å². The summed E-state index contributed by atoms with van der Waals surface area (Å²) in [5, 5.41) is 1.76. The Labute approximate surface area is 158 Å². The summed E-state index contributed by atoms with van der Waals surface area (Å²) in [6.07, 6.45) is -6.18. The number of amides is 3. The van der Waals surface area contributed by atoms with Gasteiger partial charge in [-0.15, -0.1) is 0 Å². The third kappa shape index (κ3) is 7.15. The molecule has 4 N–H and O–H groups in total. The Morgan fingerprint density at radius 1 is 1.21 bits per heavy atom. The largest absolute Gasteiger partial charge is 0.448 e. The maximum atomic E-state index is 12.2. The Balaban J connectivity index is 3.02. The summed E-state index contributed by atoms with van der Waals surface area (Å²) in [6, 6.07) is 2.89. The highest BCUT2D eigenvalue weighted by molar-refractivity contribution is 7.89. The predicted octanol–water partition coefficient (Wildman–Crippen LogP) is 0.904. The lowest BCUT2D eigenvalue weighted by atomic mass is 10.1. The number of hydrogen-bond acceptors (Lipinski definition) is 6. The van der Waals surface area contributed by atoms with Gasteiger partial charge in [-0.05, 0) is 24.1 Å². The first-order valence-electron chi connectivity index (χ1n) is 7.70. The molecule has 13 heteroatoms. The van der Waals surface area contributed by atoms with Gasteiger partial charge in [0.1, 0.15) is 6.54 Å².